The summed E-state index contributed by atoms with van der Waals surface area (Å²) in [5.74, 6) is 0. The molecule has 136 valence electrons. The number of thiazole rings is 1. The van der Waals surface area contributed by atoms with E-state index >= 15 is 0 Å². The molecule has 0 saturated carbocycles. The van der Waals surface area contributed by atoms with E-state index in [1.165, 1.54) is 16.1 Å². The molecule has 0 bridgehead atoms. The SMILES string of the molecule is Cc1cccc(N=c2scc(-c3cccs3)n2CCN2CCOCC2)c1. The smallest absolute Gasteiger partial charge is 0.190 e. The highest BCUT2D eigenvalue weighted by Gasteiger charge is 2.13. The summed E-state index contributed by atoms with van der Waals surface area (Å²) in [5, 5.41) is 4.37. The van der Waals surface area contributed by atoms with Crippen molar-refractivity contribution in [2.24, 2.45) is 4.99 Å². The quantitative estimate of drug-likeness (QED) is 0.660. The van der Waals surface area contributed by atoms with Gasteiger partial charge in [0.2, 0.25) is 0 Å². The first-order valence-electron chi connectivity index (χ1n) is 8.93. The van der Waals surface area contributed by atoms with E-state index in [0.29, 0.717) is 0 Å². The molecule has 0 atom stereocenters. The number of nitrogens with zero attached hydrogens (tertiary/aromatic N) is 3. The molecule has 0 aliphatic carbocycles. The Hall–Kier alpha value is -1.73. The number of aromatic nitrogens is 1. The van der Waals surface area contributed by atoms with Crippen molar-refractivity contribution in [3.8, 4) is 10.6 Å². The molecule has 0 radical (unpaired) electrons. The van der Waals surface area contributed by atoms with Crippen molar-refractivity contribution in [2.75, 3.05) is 32.8 Å². The van der Waals surface area contributed by atoms with Gasteiger partial charge in [-0.05, 0) is 36.1 Å². The monoisotopic (exact) mass is 385 g/mol. The first-order valence-corrected chi connectivity index (χ1v) is 10.7. The molecule has 1 fully saturated rings. The molecule has 2 aromatic heterocycles. The van der Waals surface area contributed by atoms with E-state index < -0.39 is 0 Å². The van der Waals surface area contributed by atoms with Gasteiger partial charge in [-0.25, -0.2) is 4.99 Å². The summed E-state index contributed by atoms with van der Waals surface area (Å²) in [4.78, 5) is 9.78. The summed E-state index contributed by atoms with van der Waals surface area (Å²) in [6.45, 7) is 7.80. The van der Waals surface area contributed by atoms with Gasteiger partial charge in [-0.2, -0.15) is 0 Å². The Labute approximate surface area is 162 Å². The van der Waals surface area contributed by atoms with Crippen molar-refractivity contribution in [3.63, 3.8) is 0 Å². The summed E-state index contributed by atoms with van der Waals surface area (Å²) in [6, 6.07) is 12.7. The first kappa shape index (κ1) is 17.7. The topological polar surface area (TPSA) is 29.8 Å². The number of benzene rings is 1. The molecule has 1 aliphatic heterocycles. The second-order valence-corrected chi connectivity index (χ2v) is 8.22. The van der Waals surface area contributed by atoms with Gasteiger partial charge in [0.05, 0.1) is 29.5 Å². The van der Waals surface area contributed by atoms with Crippen LogP contribution in [0.2, 0.25) is 0 Å². The molecular weight excluding hydrogens is 362 g/mol. The van der Waals surface area contributed by atoms with E-state index in [9.17, 15) is 0 Å². The van der Waals surface area contributed by atoms with Crippen molar-refractivity contribution in [2.45, 2.75) is 13.5 Å². The van der Waals surface area contributed by atoms with Crippen molar-refractivity contribution in [3.05, 3.63) is 57.5 Å². The second kappa shape index (κ2) is 8.31. The third-order valence-electron chi connectivity index (χ3n) is 4.54. The van der Waals surface area contributed by atoms with Crippen LogP contribution in [0, 0.1) is 6.92 Å². The number of thiophene rings is 1. The Balaban J connectivity index is 1.67. The summed E-state index contributed by atoms with van der Waals surface area (Å²) in [6.07, 6.45) is 0. The van der Waals surface area contributed by atoms with Gasteiger partial charge in [0.15, 0.2) is 4.80 Å². The number of hydrogen-bond donors (Lipinski definition) is 0. The summed E-state index contributed by atoms with van der Waals surface area (Å²) in [7, 11) is 0. The van der Waals surface area contributed by atoms with Gasteiger partial charge in [0.1, 0.15) is 0 Å². The van der Waals surface area contributed by atoms with Gasteiger partial charge in [-0.3, -0.25) is 4.90 Å². The Morgan fingerprint density at radius 2 is 1.96 bits per heavy atom. The Morgan fingerprint density at radius 3 is 2.73 bits per heavy atom. The average Bonchev–Trinajstić information content (AvgIpc) is 3.31. The van der Waals surface area contributed by atoms with Crippen molar-refractivity contribution >= 4 is 28.4 Å². The maximum Gasteiger partial charge on any atom is 0.190 e. The summed E-state index contributed by atoms with van der Waals surface area (Å²) >= 11 is 3.51. The van der Waals surface area contributed by atoms with Crippen LogP contribution < -0.4 is 4.80 Å². The number of aryl methyl sites for hydroxylation is 1. The lowest BCUT2D eigenvalue weighted by molar-refractivity contribution is 0.0363. The van der Waals surface area contributed by atoms with Crippen LogP contribution in [0.4, 0.5) is 5.69 Å². The summed E-state index contributed by atoms with van der Waals surface area (Å²) in [5.41, 5.74) is 3.52. The fourth-order valence-corrected chi connectivity index (χ4v) is 4.90. The minimum absolute atomic E-state index is 0.840. The van der Waals surface area contributed by atoms with Crippen molar-refractivity contribution < 1.29 is 4.74 Å². The number of hydrogen-bond acceptors (Lipinski definition) is 5. The van der Waals surface area contributed by atoms with Crippen LogP contribution in [0.5, 0.6) is 0 Å². The molecule has 3 heterocycles. The highest BCUT2D eigenvalue weighted by atomic mass is 32.1. The van der Waals surface area contributed by atoms with E-state index in [1.807, 2.05) is 0 Å². The van der Waals surface area contributed by atoms with Gasteiger partial charge in [-0.1, -0.05) is 18.2 Å². The molecule has 1 aromatic carbocycles. The zero-order chi connectivity index (χ0) is 17.8. The standard InChI is InChI=1S/C20H23N3OS2/c1-16-4-2-5-17(14-16)21-20-23(8-7-22-9-11-24-12-10-22)18(15-26-20)19-6-3-13-25-19/h2-6,13-15H,7-12H2,1H3. The lowest BCUT2D eigenvalue weighted by Gasteiger charge is -2.26. The largest absolute Gasteiger partial charge is 0.379 e. The van der Waals surface area contributed by atoms with E-state index in [-0.39, 0.29) is 0 Å². The molecule has 6 heteroatoms. The van der Waals surface area contributed by atoms with Crippen LogP contribution in [-0.2, 0) is 11.3 Å². The molecule has 26 heavy (non-hydrogen) atoms. The lowest BCUT2D eigenvalue weighted by Crippen LogP contribution is -2.39. The minimum Gasteiger partial charge on any atom is -0.379 e. The predicted molar refractivity (Wildman–Crippen MR) is 109 cm³/mol. The molecule has 4 nitrogen and oxygen atoms in total. The number of ether oxygens (including phenoxy) is 1. The first-order chi connectivity index (χ1) is 12.8. The van der Waals surface area contributed by atoms with Crippen LogP contribution in [0.3, 0.4) is 0 Å². The van der Waals surface area contributed by atoms with Gasteiger partial charge in [0.25, 0.3) is 0 Å². The van der Waals surface area contributed by atoms with Gasteiger partial charge in [-0.15, -0.1) is 22.7 Å². The van der Waals surface area contributed by atoms with Crippen molar-refractivity contribution in [1.82, 2.24) is 9.47 Å². The third kappa shape index (κ3) is 4.15. The van der Waals surface area contributed by atoms with Gasteiger partial charge in [0, 0.05) is 31.6 Å². The third-order valence-corrected chi connectivity index (χ3v) is 6.30. The van der Waals surface area contributed by atoms with Gasteiger partial charge >= 0.3 is 0 Å². The number of morpholine rings is 1. The van der Waals surface area contributed by atoms with Crippen molar-refractivity contribution in [1.29, 1.82) is 0 Å². The summed E-state index contributed by atoms with van der Waals surface area (Å²) < 4.78 is 7.84. The highest BCUT2D eigenvalue weighted by Crippen LogP contribution is 2.25. The molecule has 1 aliphatic rings. The molecule has 0 amide bonds. The molecule has 0 spiro atoms. The second-order valence-electron chi connectivity index (χ2n) is 6.44. The van der Waals surface area contributed by atoms with Gasteiger partial charge < -0.3 is 9.30 Å². The minimum atomic E-state index is 0.840. The van der Waals surface area contributed by atoms with Crippen LogP contribution in [-0.4, -0.2) is 42.3 Å². The Bertz CT molecular complexity index is 905. The maximum absolute atomic E-state index is 5.47. The molecular formula is C20H23N3OS2. The zero-order valence-corrected chi connectivity index (χ0v) is 16.6. The molecule has 0 N–H and O–H groups in total. The Kier molecular flexibility index (Phi) is 5.65. The van der Waals surface area contributed by atoms with Crippen LogP contribution in [0.1, 0.15) is 5.56 Å². The molecule has 1 saturated heterocycles. The van der Waals surface area contributed by atoms with Crippen LogP contribution >= 0.6 is 22.7 Å². The normalized spacial score (nSPS) is 16.3. The maximum atomic E-state index is 5.47. The molecule has 0 unspecified atom stereocenters. The van der Waals surface area contributed by atoms with Crippen LogP contribution in [0.25, 0.3) is 10.6 Å². The lowest BCUT2D eigenvalue weighted by atomic mass is 10.2. The fraction of sp³-hybridized carbons (Fsp3) is 0.350. The van der Waals surface area contributed by atoms with E-state index in [0.717, 1.165) is 49.9 Å². The zero-order valence-electron chi connectivity index (χ0n) is 14.9. The predicted octanol–water partition coefficient (Wildman–Crippen LogP) is 4.15. The van der Waals surface area contributed by atoms with E-state index in [1.54, 1.807) is 22.7 Å². The highest BCUT2D eigenvalue weighted by molar-refractivity contribution is 7.14. The number of rotatable bonds is 5. The molecule has 4 rings (SSSR count). The van der Waals surface area contributed by atoms with Crippen LogP contribution in [0.15, 0.2) is 52.2 Å². The fourth-order valence-electron chi connectivity index (χ4n) is 3.13. The molecule has 3 aromatic rings. The van der Waals surface area contributed by atoms with E-state index in [4.69, 9.17) is 9.73 Å². The average molecular weight is 386 g/mol. The van der Waals surface area contributed by atoms with E-state index in [2.05, 4.69) is 63.5 Å². The Morgan fingerprint density at radius 1 is 1.08 bits per heavy atom.